The van der Waals surface area contributed by atoms with Crippen molar-refractivity contribution in [1.29, 1.82) is 0 Å². The summed E-state index contributed by atoms with van der Waals surface area (Å²) in [5.41, 5.74) is -0.504. The zero-order valence-corrected chi connectivity index (χ0v) is 12.5. The number of amides is 1. The van der Waals surface area contributed by atoms with Gasteiger partial charge in [-0.2, -0.15) is 0 Å². The molecule has 3 N–H and O–H groups in total. The first kappa shape index (κ1) is 16.2. The summed E-state index contributed by atoms with van der Waals surface area (Å²) >= 11 is 0. The molecule has 1 aliphatic heterocycles. The van der Waals surface area contributed by atoms with Gasteiger partial charge in [0.25, 0.3) is 0 Å². The van der Waals surface area contributed by atoms with Gasteiger partial charge in [0.1, 0.15) is 5.60 Å². The normalized spacial score (nSPS) is 20.6. The largest absolute Gasteiger partial charge is 0.444 e. The van der Waals surface area contributed by atoms with Crippen LogP contribution in [0.25, 0.3) is 0 Å². The fourth-order valence-electron chi connectivity index (χ4n) is 1.82. The van der Waals surface area contributed by atoms with Crippen molar-refractivity contribution < 1.29 is 17.9 Å². The van der Waals surface area contributed by atoms with E-state index in [1.807, 2.05) is 20.8 Å². The molecule has 1 amide bonds. The zero-order chi connectivity index (χ0) is 14.7. The highest BCUT2D eigenvalue weighted by Crippen LogP contribution is 2.15. The van der Waals surface area contributed by atoms with Crippen molar-refractivity contribution in [3.63, 3.8) is 0 Å². The summed E-state index contributed by atoms with van der Waals surface area (Å²) in [5, 5.41) is 7.99. The molecule has 0 aromatic heterocycles. The van der Waals surface area contributed by atoms with Gasteiger partial charge in [0, 0.05) is 25.7 Å². The fraction of sp³-hybridized carbons (Fsp3) is 0.909. The second kappa shape index (κ2) is 6.06. The number of ether oxygens (including phenoxy) is 1. The third kappa shape index (κ3) is 6.74. The van der Waals surface area contributed by atoms with Gasteiger partial charge in [-0.05, 0) is 27.2 Å². The molecule has 8 heteroatoms. The molecule has 7 nitrogen and oxygen atoms in total. The maximum Gasteiger partial charge on any atom is 0.410 e. The lowest BCUT2D eigenvalue weighted by Crippen LogP contribution is -2.39. The van der Waals surface area contributed by atoms with Gasteiger partial charge in [0.15, 0.2) is 0 Å². The Kier molecular flexibility index (Phi) is 5.17. The average Bonchev–Trinajstić information content (AvgIpc) is 2.61. The molecule has 0 saturated carbocycles. The molecule has 1 aliphatic rings. The van der Waals surface area contributed by atoms with Crippen LogP contribution >= 0.6 is 0 Å². The van der Waals surface area contributed by atoms with Gasteiger partial charge < -0.3 is 15.0 Å². The van der Waals surface area contributed by atoms with Crippen molar-refractivity contribution in [2.24, 2.45) is 5.14 Å². The van der Waals surface area contributed by atoms with Crippen molar-refractivity contribution in [3.8, 4) is 0 Å². The van der Waals surface area contributed by atoms with E-state index in [0.29, 0.717) is 19.6 Å². The second-order valence-corrected chi connectivity index (χ2v) is 7.47. The van der Waals surface area contributed by atoms with Crippen LogP contribution in [0.5, 0.6) is 0 Å². The first-order valence-corrected chi connectivity index (χ1v) is 8.00. The summed E-state index contributed by atoms with van der Waals surface area (Å²) in [6.45, 7) is 6.90. The summed E-state index contributed by atoms with van der Waals surface area (Å²) < 4.78 is 26.8. The monoisotopic (exact) mass is 293 g/mol. The number of nitrogens with one attached hydrogen (secondary N) is 1. The van der Waals surface area contributed by atoms with Crippen molar-refractivity contribution >= 4 is 16.1 Å². The number of hydrogen-bond acceptors (Lipinski definition) is 5. The molecule has 0 radical (unpaired) electrons. The lowest BCUT2D eigenvalue weighted by Gasteiger charge is -2.24. The Hall–Kier alpha value is -0.860. The van der Waals surface area contributed by atoms with Crippen LogP contribution in [0.3, 0.4) is 0 Å². The highest BCUT2D eigenvalue weighted by Gasteiger charge is 2.29. The van der Waals surface area contributed by atoms with Crippen LogP contribution in [0.15, 0.2) is 0 Å². The Labute approximate surface area is 114 Å². The molecule has 1 unspecified atom stereocenters. The summed E-state index contributed by atoms with van der Waals surface area (Å²) in [7, 11) is -3.44. The molecule has 1 saturated heterocycles. The van der Waals surface area contributed by atoms with E-state index >= 15 is 0 Å². The summed E-state index contributed by atoms with van der Waals surface area (Å²) in [6, 6.07) is 0.0919. The highest BCUT2D eigenvalue weighted by molar-refractivity contribution is 7.89. The molecular weight excluding hydrogens is 270 g/mol. The first-order chi connectivity index (χ1) is 8.57. The van der Waals surface area contributed by atoms with Gasteiger partial charge in [-0.25, -0.2) is 18.4 Å². The van der Waals surface area contributed by atoms with Gasteiger partial charge >= 0.3 is 6.09 Å². The lowest BCUT2D eigenvalue weighted by molar-refractivity contribution is 0.0291. The smallest absolute Gasteiger partial charge is 0.410 e. The number of carbonyl (C=O) groups is 1. The van der Waals surface area contributed by atoms with E-state index in [1.54, 1.807) is 4.90 Å². The number of likely N-dealkylation sites (tertiary alicyclic amines) is 1. The first-order valence-electron chi connectivity index (χ1n) is 6.28. The Balaban J connectivity index is 2.32. The van der Waals surface area contributed by atoms with Gasteiger partial charge in [-0.3, -0.25) is 0 Å². The van der Waals surface area contributed by atoms with E-state index in [4.69, 9.17) is 9.88 Å². The van der Waals surface area contributed by atoms with Gasteiger partial charge in [0.05, 0.1) is 5.75 Å². The quantitative estimate of drug-likeness (QED) is 0.752. The average molecular weight is 293 g/mol. The molecular formula is C11H23N3O4S. The minimum Gasteiger partial charge on any atom is -0.444 e. The van der Waals surface area contributed by atoms with Crippen molar-refractivity contribution in [1.82, 2.24) is 10.2 Å². The van der Waals surface area contributed by atoms with E-state index < -0.39 is 15.6 Å². The predicted molar refractivity (Wildman–Crippen MR) is 72.2 cm³/mol. The second-order valence-electron chi connectivity index (χ2n) is 5.73. The van der Waals surface area contributed by atoms with Gasteiger partial charge in [-0.15, -0.1) is 0 Å². The predicted octanol–water partition coefficient (Wildman–Crippen LogP) is -0.126. The third-order valence-electron chi connectivity index (χ3n) is 2.66. The fourth-order valence-corrected chi connectivity index (χ4v) is 2.23. The van der Waals surface area contributed by atoms with Gasteiger partial charge in [0.2, 0.25) is 10.0 Å². The zero-order valence-electron chi connectivity index (χ0n) is 11.7. The highest BCUT2D eigenvalue weighted by atomic mass is 32.2. The van der Waals surface area contributed by atoms with Crippen LogP contribution in [-0.4, -0.2) is 56.4 Å². The summed E-state index contributed by atoms with van der Waals surface area (Å²) in [6.07, 6.45) is 0.451. The number of rotatable bonds is 4. The molecule has 1 atom stereocenters. The molecule has 1 fully saturated rings. The van der Waals surface area contributed by atoms with Crippen molar-refractivity contribution in [2.45, 2.75) is 38.8 Å². The van der Waals surface area contributed by atoms with Crippen LogP contribution in [0.2, 0.25) is 0 Å². The molecule has 112 valence electrons. The van der Waals surface area contributed by atoms with E-state index in [-0.39, 0.29) is 17.9 Å². The lowest BCUT2D eigenvalue weighted by atomic mass is 10.2. The number of hydrogen-bond donors (Lipinski definition) is 2. The van der Waals surface area contributed by atoms with Crippen LogP contribution in [-0.2, 0) is 14.8 Å². The SMILES string of the molecule is CC(C)(C)OC(=O)N1CCC(NCCS(N)(=O)=O)C1. The Bertz CT molecular complexity index is 416. The van der Waals surface area contributed by atoms with Gasteiger partial charge in [-0.1, -0.05) is 0 Å². The molecule has 0 bridgehead atoms. The number of nitrogens with two attached hydrogens (primary N) is 1. The Morgan fingerprint density at radius 1 is 1.47 bits per heavy atom. The summed E-state index contributed by atoms with van der Waals surface area (Å²) in [5.74, 6) is -0.101. The maximum atomic E-state index is 11.8. The minimum absolute atomic E-state index is 0.0919. The minimum atomic E-state index is -3.44. The summed E-state index contributed by atoms with van der Waals surface area (Å²) in [4.78, 5) is 13.4. The van der Waals surface area contributed by atoms with Crippen LogP contribution in [0, 0.1) is 0 Å². The van der Waals surface area contributed by atoms with Crippen molar-refractivity contribution in [2.75, 3.05) is 25.4 Å². The van der Waals surface area contributed by atoms with Crippen LogP contribution in [0.4, 0.5) is 4.79 Å². The van der Waals surface area contributed by atoms with E-state index in [2.05, 4.69) is 5.32 Å². The Morgan fingerprint density at radius 3 is 2.63 bits per heavy atom. The third-order valence-corrected chi connectivity index (χ3v) is 3.43. The van der Waals surface area contributed by atoms with Crippen molar-refractivity contribution in [3.05, 3.63) is 0 Å². The molecule has 0 aromatic rings. The van der Waals surface area contributed by atoms with E-state index in [9.17, 15) is 13.2 Å². The van der Waals surface area contributed by atoms with Crippen LogP contribution < -0.4 is 10.5 Å². The number of primary sulfonamides is 1. The topological polar surface area (TPSA) is 102 Å². The number of nitrogens with zero attached hydrogens (tertiary/aromatic N) is 1. The Morgan fingerprint density at radius 2 is 2.11 bits per heavy atom. The van der Waals surface area contributed by atoms with E-state index in [1.165, 1.54) is 0 Å². The molecule has 19 heavy (non-hydrogen) atoms. The molecule has 0 spiro atoms. The maximum absolute atomic E-state index is 11.8. The molecule has 0 aromatic carbocycles. The molecule has 0 aliphatic carbocycles. The standard InChI is InChI=1S/C11H23N3O4S/c1-11(2,3)18-10(15)14-6-4-9(8-14)13-5-7-19(12,16)17/h9,13H,4-8H2,1-3H3,(H2,12,16,17). The van der Waals surface area contributed by atoms with Crippen LogP contribution in [0.1, 0.15) is 27.2 Å². The number of sulfonamides is 1. The number of carbonyl (C=O) groups excluding carboxylic acids is 1. The molecule has 1 rings (SSSR count). The molecule has 1 heterocycles. The van der Waals surface area contributed by atoms with E-state index in [0.717, 1.165) is 6.42 Å².